The van der Waals surface area contributed by atoms with E-state index < -0.39 is 23.2 Å². The summed E-state index contributed by atoms with van der Waals surface area (Å²) in [5.41, 5.74) is 7.07. The number of aryl methyl sites for hydroxylation is 1. The largest absolute Gasteiger partial charge is 0.494 e. The van der Waals surface area contributed by atoms with Crippen LogP contribution in [0.1, 0.15) is 53.5 Å². The Morgan fingerprint density at radius 3 is 2.50 bits per heavy atom. The number of methoxy groups -OCH3 is 1. The molecule has 0 aliphatic heterocycles. The van der Waals surface area contributed by atoms with E-state index in [4.69, 9.17) is 31.8 Å². The van der Waals surface area contributed by atoms with Crippen molar-refractivity contribution in [1.29, 1.82) is 0 Å². The van der Waals surface area contributed by atoms with Crippen LogP contribution in [0.25, 0.3) is 22.2 Å². The van der Waals surface area contributed by atoms with Gasteiger partial charge in [0.25, 0.3) is 5.91 Å². The van der Waals surface area contributed by atoms with Crippen LogP contribution in [0.4, 0.5) is 4.39 Å². The number of ether oxygens (including phenoxy) is 2. The molecule has 11 heteroatoms. The van der Waals surface area contributed by atoms with Gasteiger partial charge in [-0.2, -0.15) is 0 Å². The Labute approximate surface area is 259 Å². The monoisotopic (exact) mass is 620 g/mol. The van der Waals surface area contributed by atoms with Crippen molar-refractivity contribution in [2.24, 2.45) is 11.7 Å². The zero-order valence-corrected chi connectivity index (χ0v) is 25.5. The summed E-state index contributed by atoms with van der Waals surface area (Å²) in [6, 6.07) is 12.3. The lowest BCUT2D eigenvalue weighted by Gasteiger charge is -2.41. The van der Waals surface area contributed by atoms with Crippen molar-refractivity contribution < 1.29 is 28.6 Å². The van der Waals surface area contributed by atoms with Gasteiger partial charge in [0.1, 0.15) is 34.1 Å². The maximum absolute atomic E-state index is 13.8. The number of hydrogen-bond acceptors (Lipinski definition) is 7. The van der Waals surface area contributed by atoms with Crippen molar-refractivity contribution in [2.75, 3.05) is 20.3 Å². The topological polar surface area (TPSA) is 137 Å². The van der Waals surface area contributed by atoms with Gasteiger partial charge in [-0.15, -0.1) is 0 Å². The number of fused-ring (bicyclic) bond motifs is 1. The third-order valence-electron chi connectivity index (χ3n) is 8.06. The fourth-order valence-electron chi connectivity index (χ4n) is 5.49. The van der Waals surface area contributed by atoms with Gasteiger partial charge in [0.15, 0.2) is 0 Å². The van der Waals surface area contributed by atoms with Crippen LogP contribution in [-0.4, -0.2) is 47.2 Å². The summed E-state index contributed by atoms with van der Waals surface area (Å²) < 4.78 is 25.2. The maximum Gasteiger partial charge on any atom is 0.251 e. The van der Waals surface area contributed by atoms with Crippen molar-refractivity contribution in [2.45, 2.75) is 45.1 Å². The number of primary amides is 1. The fraction of sp³-hybridized carbons (Fsp3) is 0.333. The Bertz CT molecular complexity index is 1730. The molecule has 0 saturated heterocycles. The molecule has 1 atom stereocenters. The number of rotatable bonds is 11. The SMILES string of the molecule is CCOc1c(CC(N)=O)cc([C@@](O)(CNC(=O)c2cc(OC)c3nc(C)c(Cl)cc3c2)C2CCC2)nc1-c1ccc(F)cc1. The molecular weight excluding hydrogens is 587 g/mol. The number of benzene rings is 2. The van der Waals surface area contributed by atoms with E-state index in [1.165, 1.54) is 19.2 Å². The third-order valence-corrected chi connectivity index (χ3v) is 8.44. The van der Waals surface area contributed by atoms with Crippen LogP contribution in [0.2, 0.25) is 5.02 Å². The van der Waals surface area contributed by atoms with Gasteiger partial charge in [-0.05, 0) is 81.1 Å². The first-order chi connectivity index (χ1) is 21.0. The van der Waals surface area contributed by atoms with E-state index in [2.05, 4.69) is 10.3 Å². The van der Waals surface area contributed by atoms with Gasteiger partial charge in [0.2, 0.25) is 5.91 Å². The second-order valence-corrected chi connectivity index (χ2v) is 11.4. The minimum absolute atomic E-state index is 0.163. The van der Waals surface area contributed by atoms with Crippen LogP contribution in [-0.2, 0) is 16.8 Å². The third kappa shape index (κ3) is 6.18. The van der Waals surface area contributed by atoms with Gasteiger partial charge in [-0.1, -0.05) is 18.0 Å². The second kappa shape index (κ2) is 12.8. The predicted molar refractivity (Wildman–Crippen MR) is 165 cm³/mol. The molecule has 0 radical (unpaired) electrons. The Hall–Kier alpha value is -4.28. The summed E-state index contributed by atoms with van der Waals surface area (Å²) in [5, 5.41) is 16.3. The fourth-order valence-corrected chi connectivity index (χ4v) is 5.65. The summed E-state index contributed by atoms with van der Waals surface area (Å²) >= 11 is 6.30. The number of nitrogens with two attached hydrogens (primary N) is 1. The number of aromatic nitrogens is 2. The summed E-state index contributed by atoms with van der Waals surface area (Å²) in [7, 11) is 1.50. The number of amides is 2. The number of carbonyl (C=O) groups is 2. The predicted octanol–water partition coefficient (Wildman–Crippen LogP) is 5.25. The molecule has 2 amide bonds. The highest BCUT2D eigenvalue weighted by Crippen LogP contribution is 2.44. The van der Waals surface area contributed by atoms with E-state index in [1.54, 1.807) is 50.2 Å². The average Bonchev–Trinajstić information content (AvgIpc) is 2.96. The van der Waals surface area contributed by atoms with Gasteiger partial charge in [0, 0.05) is 22.1 Å². The zero-order chi connectivity index (χ0) is 31.6. The summed E-state index contributed by atoms with van der Waals surface area (Å²) in [6.07, 6.45) is 2.17. The van der Waals surface area contributed by atoms with E-state index in [9.17, 15) is 19.1 Å². The van der Waals surface area contributed by atoms with Crippen molar-refractivity contribution >= 4 is 34.3 Å². The normalized spacial score (nSPS) is 14.5. The van der Waals surface area contributed by atoms with Gasteiger partial charge in [-0.3, -0.25) is 9.59 Å². The van der Waals surface area contributed by atoms with E-state index in [1.807, 2.05) is 0 Å². The summed E-state index contributed by atoms with van der Waals surface area (Å²) in [6.45, 7) is 3.70. The van der Waals surface area contributed by atoms with Crippen molar-refractivity contribution in [3.8, 4) is 22.8 Å². The number of halogens is 2. The molecule has 0 bridgehead atoms. The molecule has 230 valence electrons. The molecule has 44 heavy (non-hydrogen) atoms. The van der Waals surface area contributed by atoms with Gasteiger partial charge >= 0.3 is 0 Å². The summed E-state index contributed by atoms with van der Waals surface area (Å²) in [5.74, 6) is -0.937. The molecule has 1 aliphatic carbocycles. The van der Waals surface area contributed by atoms with Gasteiger partial charge in [0.05, 0.1) is 43.1 Å². The highest BCUT2D eigenvalue weighted by molar-refractivity contribution is 6.31. The number of nitrogens with zero attached hydrogens (tertiary/aromatic N) is 2. The van der Waals surface area contributed by atoms with Crippen LogP contribution in [0.3, 0.4) is 0 Å². The molecule has 5 rings (SSSR count). The van der Waals surface area contributed by atoms with Crippen LogP contribution in [0, 0.1) is 18.7 Å². The number of hydrogen-bond donors (Lipinski definition) is 3. The molecule has 2 heterocycles. The maximum atomic E-state index is 13.8. The number of carbonyl (C=O) groups excluding carboxylic acids is 2. The average molecular weight is 621 g/mol. The highest BCUT2D eigenvalue weighted by atomic mass is 35.5. The van der Waals surface area contributed by atoms with E-state index in [0.717, 1.165) is 6.42 Å². The lowest BCUT2D eigenvalue weighted by atomic mass is 9.70. The first-order valence-corrected chi connectivity index (χ1v) is 14.8. The van der Waals surface area contributed by atoms with Crippen molar-refractivity contribution in [1.82, 2.24) is 15.3 Å². The number of nitrogens with one attached hydrogen (secondary N) is 1. The lowest BCUT2D eigenvalue weighted by molar-refractivity contribution is -0.117. The van der Waals surface area contributed by atoms with Crippen LogP contribution < -0.4 is 20.5 Å². The molecule has 1 saturated carbocycles. The zero-order valence-electron chi connectivity index (χ0n) is 24.7. The van der Waals surface area contributed by atoms with E-state index >= 15 is 0 Å². The molecule has 1 fully saturated rings. The Morgan fingerprint density at radius 1 is 1.16 bits per heavy atom. The van der Waals surface area contributed by atoms with Crippen molar-refractivity contribution in [3.05, 3.63) is 81.9 Å². The number of aliphatic hydroxyl groups is 1. The first kappa shape index (κ1) is 31.2. The minimum atomic E-state index is -1.59. The quantitative estimate of drug-likeness (QED) is 0.208. The smallest absolute Gasteiger partial charge is 0.251 e. The second-order valence-electron chi connectivity index (χ2n) is 11.0. The summed E-state index contributed by atoms with van der Waals surface area (Å²) in [4.78, 5) is 34.9. The Balaban J connectivity index is 1.55. The number of pyridine rings is 2. The van der Waals surface area contributed by atoms with Gasteiger partial charge in [-0.25, -0.2) is 14.4 Å². The van der Waals surface area contributed by atoms with Crippen LogP contribution >= 0.6 is 11.6 Å². The molecule has 2 aromatic heterocycles. The molecular formula is C33H34ClFN4O5. The lowest BCUT2D eigenvalue weighted by Crippen LogP contribution is -2.49. The van der Waals surface area contributed by atoms with E-state index in [-0.39, 0.29) is 31.2 Å². The van der Waals surface area contributed by atoms with Crippen LogP contribution in [0.15, 0.2) is 48.5 Å². The molecule has 9 nitrogen and oxygen atoms in total. The Morgan fingerprint density at radius 2 is 1.89 bits per heavy atom. The van der Waals surface area contributed by atoms with Gasteiger partial charge < -0.3 is 25.6 Å². The molecule has 0 spiro atoms. The first-order valence-electron chi connectivity index (χ1n) is 14.4. The Kier molecular flexibility index (Phi) is 9.03. The molecule has 2 aromatic carbocycles. The van der Waals surface area contributed by atoms with Crippen LogP contribution in [0.5, 0.6) is 11.5 Å². The molecule has 4 aromatic rings. The minimum Gasteiger partial charge on any atom is -0.494 e. The molecule has 0 unspecified atom stereocenters. The molecule has 4 N–H and O–H groups in total. The van der Waals surface area contributed by atoms with Crippen molar-refractivity contribution in [3.63, 3.8) is 0 Å². The van der Waals surface area contributed by atoms with E-state index in [0.29, 0.717) is 68.3 Å². The molecule has 1 aliphatic rings. The standard InChI is InChI=1S/C33H34ClFN4O5/c1-4-44-31-21(16-28(36)40)15-27(39-30(31)19-8-10-24(35)11-9-19)33(42,23-6-5-7-23)17-37-32(41)22-12-20-13-25(34)18(2)38-29(20)26(14-22)43-3/h8-15,23,42H,4-7,16-17H2,1-3H3,(H2,36,40)(H,37,41)/t33-/m1/s1. The highest BCUT2D eigenvalue weighted by Gasteiger charge is 2.44.